The van der Waals surface area contributed by atoms with Gasteiger partial charge >= 0.3 is 6.18 Å². The molecule has 0 aliphatic heterocycles. The maximum atomic E-state index is 12.0. The van der Waals surface area contributed by atoms with Gasteiger partial charge in [-0.15, -0.1) is 0 Å². The monoisotopic (exact) mass is 204 g/mol. The highest BCUT2D eigenvalue weighted by Gasteiger charge is 2.29. The zero-order valence-corrected chi connectivity index (χ0v) is 8.32. The molecule has 0 N–H and O–H groups in total. The summed E-state index contributed by atoms with van der Waals surface area (Å²) in [5.74, 6) is 0.381. The lowest BCUT2D eigenvalue weighted by Crippen LogP contribution is -2.13. The second kappa shape index (κ2) is 4.20. The van der Waals surface area contributed by atoms with Gasteiger partial charge in [0.25, 0.3) is 0 Å². The van der Waals surface area contributed by atoms with Gasteiger partial charge in [0.05, 0.1) is 6.42 Å². The van der Waals surface area contributed by atoms with Gasteiger partial charge in [0, 0.05) is 0 Å². The highest BCUT2D eigenvalue weighted by atomic mass is 19.4. The molecular weight excluding hydrogens is 189 g/mol. The van der Waals surface area contributed by atoms with Crippen molar-refractivity contribution in [2.45, 2.75) is 38.8 Å². The second-order valence-electron chi connectivity index (χ2n) is 3.97. The van der Waals surface area contributed by atoms with Gasteiger partial charge in [-0.2, -0.15) is 13.2 Å². The van der Waals surface area contributed by atoms with Crippen molar-refractivity contribution in [2.75, 3.05) is 0 Å². The molecule has 1 atom stereocenters. The molecule has 0 radical (unpaired) electrons. The van der Waals surface area contributed by atoms with E-state index in [0.29, 0.717) is 17.9 Å². The average molecular weight is 204 g/mol. The van der Waals surface area contributed by atoms with Gasteiger partial charge in [-0.25, -0.2) is 0 Å². The minimum absolute atomic E-state index is 0.381. The second-order valence-corrected chi connectivity index (χ2v) is 3.97. The summed E-state index contributed by atoms with van der Waals surface area (Å²) in [4.78, 5) is 0. The molecule has 0 heterocycles. The largest absolute Gasteiger partial charge is 0.392 e. The minimum atomic E-state index is -4.05. The van der Waals surface area contributed by atoms with Gasteiger partial charge in [0.2, 0.25) is 0 Å². The molecule has 80 valence electrons. The maximum absolute atomic E-state index is 12.0. The lowest BCUT2D eigenvalue weighted by molar-refractivity contribution is -0.127. The van der Waals surface area contributed by atoms with Crippen LogP contribution in [0, 0.1) is 5.92 Å². The average Bonchev–Trinajstić information content (AvgIpc) is 2.02. The van der Waals surface area contributed by atoms with Gasteiger partial charge in [0.15, 0.2) is 0 Å². The van der Waals surface area contributed by atoms with E-state index >= 15 is 0 Å². The highest BCUT2D eigenvalue weighted by molar-refractivity contribution is 5.12. The first-order valence-electron chi connectivity index (χ1n) is 4.78. The van der Waals surface area contributed by atoms with Gasteiger partial charge < -0.3 is 0 Å². The van der Waals surface area contributed by atoms with E-state index in [0.717, 1.165) is 18.4 Å². The molecule has 1 aliphatic carbocycles. The van der Waals surface area contributed by atoms with Crippen LogP contribution in [0.2, 0.25) is 0 Å². The molecule has 0 saturated carbocycles. The van der Waals surface area contributed by atoms with Gasteiger partial charge in [0.1, 0.15) is 0 Å². The van der Waals surface area contributed by atoms with Crippen molar-refractivity contribution < 1.29 is 13.2 Å². The van der Waals surface area contributed by atoms with Crippen LogP contribution in [0.5, 0.6) is 0 Å². The molecule has 1 unspecified atom stereocenters. The van der Waals surface area contributed by atoms with Crippen molar-refractivity contribution in [1.82, 2.24) is 0 Å². The fourth-order valence-electron chi connectivity index (χ4n) is 1.75. The SMILES string of the molecule is C=C(C)C1CC=C(CC(F)(F)F)CC1. The lowest BCUT2D eigenvalue weighted by atomic mass is 9.84. The molecule has 0 bridgehead atoms. The fraction of sp³-hybridized carbons (Fsp3) is 0.636. The summed E-state index contributed by atoms with van der Waals surface area (Å²) in [5.41, 5.74) is 1.61. The molecule has 14 heavy (non-hydrogen) atoms. The third kappa shape index (κ3) is 3.56. The summed E-state index contributed by atoms with van der Waals surface area (Å²) in [7, 11) is 0. The van der Waals surface area contributed by atoms with E-state index in [1.54, 1.807) is 6.08 Å². The molecule has 0 fully saturated rings. The van der Waals surface area contributed by atoms with E-state index < -0.39 is 12.6 Å². The van der Waals surface area contributed by atoms with Crippen LogP contribution in [-0.4, -0.2) is 6.18 Å². The number of hydrogen-bond acceptors (Lipinski definition) is 0. The molecule has 1 aliphatic rings. The highest BCUT2D eigenvalue weighted by Crippen LogP contribution is 2.34. The Balaban J connectivity index is 2.49. The van der Waals surface area contributed by atoms with Crippen LogP contribution < -0.4 is 0 Å². The van der Waals surface area contributed by atoms with Crippen LogP contribution in [0.15, 0.2) is 23.8 Å². The maximum Gasteiger partial charge on any atom is 0.392 e. The molecular formula is C11H15F3. The zero-order chi connectivity index (χ0) is 10.8. The van der Waals surface area contributed by atoms with Gasteiger partial charge in [-0.05, 0) is 32.1 Å². The van der Waals surface area contributed by atoms with E-state index in [1.807, 2.05) is 6.92 Å². The first-order valence-corrected chi connectivity index (χ1v) is 4.78. The number of hydrogen-bond donors (Lipinski definition) is 0. The first kappa shape index (κ1) is 11.3. The molecule has 0 spiro atoms. The minimum Gasteiger partial charge on any atom is -0.171 e. The van der Waals surface area contributed by atoms with Crippen LogP contribution in [-0.2, 0) is 0 Å². The Bertz CT molecular complexity index is 248. The summed E-state index contributed by atoms with van der Waals surface area (Å²) in [6.45, 7) is 5.76. The van der Waals surface area contributed by atoms with Gasteiger partial charge in [-0.3, -0.25) is 0 Å². The topological polar surface area (TPSA) is 0 Å². The van der Waals surface area contributed by atoms with E-state index in [4.69, 9.17) is 0 Å². The van der Waals surface area contributed by atoms with Gasteiger partial charge in [-0.1, -0.05) is 23.8 Å². The Morgan fingerprint density at radius 1 is 1.57 bits per heavy atom. The Hall–Kier alpha value is -0.730. The van der Waals surface area contributed by atoms with E-state index in [9.17, 15) is 13.2 Å². The van der Waals surface area contributed by atoms with Crippen molar-refractivity contribution in [2.24, 2.45) is 5.92 Å². The number of alkyl halides is 3. The molecule has 0 nitrogen and oxygen atoms in total. The number of allylic oxidation sites excluding steroid dienone is 3. The van der Waals surface area contributed by atoms with Crippen molar-refractivity contribution in [3.63, 3.8) is 0 Å². The zero-order valence-electron chi connectivity index (χ0n) is 8.32. The van der Waals surface area contributed by atoms with Crippen LogP contribution in [0.3, 0.4) is 0 Å². The quantitative estimate of drug-likeness (QED) is 0.590. The molecule has 0 aromatic rings. The summed E-state index contributed by atoms with van der Waals surface area (Å²) >= 11 is 0. The molecule has 3 heteroatoms. The van der Waals surface area contributed by atoms with Crippen molar-refractivity contribution >= 4 is 0 Å². The Morgan fingerprint density at radius 3 is 2.57 bits per heavy atom. The van der Waals surface area contributed by atoms with Crippen LogP contribution >= 0.6 is 0 Å². The Kier molecular flexibility index (Phi) is 3.40. The first-order chi connectivity index (χ1) is 6.38. The number of halogens is 3. The predicted octanol–water partition coefficient (Wildman–Crippen LogP) is 4.24. The predicted molar refractivity (Wildman–Crippen MR) is 50.9 cm³/mol. The van der Waals surface area contributed by atoms with E-state index in [1.165, 1.54) is 0 Å². The molecule has 0 amide bonds. The lowest BCUT2D eigenvalue weighted by Gasteiger charge is -2.22. The van der Waals surface area contributed by atoms with Crippen LogP contribution in [0.4, 0.5) is 13.2 Å². The fourth-order valence-corrected chi connectivity index (χ4v) is 1.75. The Morgan fingerprint density at radius 2 is 2.21 bits per heavy atom. The standard InChI is InChI=1S/C11H15F3/c1-8(2)10-5-3-9(4-6-10)7-11(12,13)14/h3,10H,1,4-7H2,2H3. The molecule has 0 aromatic heterocycles. The summed E-state index contributed by atoms with van der Waals surface area (Å²) in [5, 5.41) is 0. The van der Waals surface area contributed by atoms with Crippen LogP contribution in [0.1, 0.15) is 32.6 Å². The third-order valence-corrected chi connectivity index (χ3v) is 2.63. The normalized spacial score (nSPS) is 23.1. The smallest absolute Gasteiger partial charge is 0.171 e. The van der Waals surface area contributed by atoms with Crippen molar-refractivity contribution in [3.05, 3.63) is 23.8 Å². The van der Waals surface area contributed by atoms with Crippen molar-refractivity contribution in [1.29, 1.82) is 0 Å². The summed E-state index contributed by atoms with van der Waals surface area (Å²) in [6, 6.07) is 0. The van der Waals surface area contributed by atoms with Crippen LogP contribution in [0.25, 0.3) is 0 Å². The summed E-state index contributed by atoms with van der Waals surface area (Å²) in [6.07, 6.45) is -0.955. The Labute approximate surface area is 82.5 Å². The molecule has 1 rings (SSSR count). The van der Waals surface area contributed by atoms with E-state index in [2.05, 4.69) is 6.58 Å². The van der Waals surface area contributed by atoms with E-state index in [-0.39, 0.29) is 0 Å². The van der Waals surface area contributed by atoms with Crippen molar-refractivity contribution in [3.8, 4) is 0 Å². The summed E-state index contributed by atoms with van der Waals surface area (Å²) < 4.78 is 36.1. The number of rotatable bonds is 2. The molecule has 0 saturated heterocycles. The molecule has 0 aromatic carbocycles. The third-order valence-electron chi connectivity index (χ3n) is 2.63.